The maximum Gasteiger partial charge on any atom is 0.363 e. The third kappa shape index (κ3) is 4.36. The standard InChI is InChI=1S/C24H18ClNO4/c1-28-19-11-12-22(29-15-17-9-5-6-10-20(17)25)18(13-19)14-21-24(27)30-23(26-21)16-7-3-2-4-8-16/h2-14H,15H2,1H3. The summed E-state index contributed by atoms with van der Waals surface area (Å²) in [5.41, 5.74) is 2.42. The SMILES string of the molecule is COc1ccc(OCc2ccccc2Cl)c(C=C2N=C(c3ccccc3)OC2=O)c1. The van der Waals surface area contributed by atoms with Crippen molar-refractivity contribution in [2.24, 2.45) is 4.99 Å². The molecule has 0 aliphatic carbocycles. The van der Waals surface area contributed by atoms with Gasteiger partial charge in [0, 0.05) is 21.7 Å². The van der Waals surface area contributed by atoms with Crippen LogP contribution >= 0.6 is 11.6 Å². The molecule has 0 N–H and O–H groups in total. The Morgan fingerprint density at radius 3 is 2.57 bits per heavy atom. The number of nitrogens with zero attached hydrogens (tertiary/aromatic N) is 1. The van der Waals surface area contributed by atoms with Gasteiger partial charge in [0.15, 0.2) is 5.70 Å². The average molecular weight is 420 g/mol. The van der Waals surface area contributed by atoms with Crippen molar-refractivity contribution in [3.63, 3.8) is 0 Å². The van der Waals surface area contributed by atoms with Gasteiger partial charge in [-0.05, 0) is 42.5 Å². The van der Waals surface area contributed by atoms with E-state index < -0.39 is 5.97 Å². The summed E-state index contributed by atoms with van der Waals surface area (Å²) in [4.78, 5) is 16.7. The summed E-state index contributed by atoms with van der Waals surface area (Å²) < 4.78 is 16.6. The van der Waals surface area contributed by atoms with Crippen LogP contribution in [-0.4, -0.2) is 19.0 Å². The van der Waals surface area contributed by atoms with E-state index in [1.807, 2.05) is 54.6 Å². The minimum Gasteiger partial charge on any atom is -0.497 e. The highest BCUT2D eigenvalue weighted by Crippen LogP contribution is 2.29. The molecule has 0 spiro atoms. The fraction of sp³-hybridized carbons (Fsp3) is 0.0833. The van der Waals surface area contributed by atoms with E-state index in [9.17, 15) is 4.79 Å². The number of halogens is 1. The van der Waals surface area contributed by atoms with Gasteiger partial charge in [-0.1, -0.05) is 48.0 Å². The van der Waals surface area contributed by atoms with Gasteiger partial charge in [0.25, 0.3) is 0 Å². The predicted octanol–water partition coefficient (Wildman–Crippen LogP) is 5.27. The molecule has 3 aromatic rings. The third-order valence-corrected chi connectivity index (χ3v) is 4.86. The Hall–Kier alpha value is -3.57. The molecule has 0 aromatic heterocycles. The molecule has 0 amide bonds. The van der Waals surface area contributed by atoms with Crippen LogP contribution in [0.2, 0.25) is 5.02 Å². The number of ether oxygens (including phenoxy) is 3. The van der Waals surface area contributed by atoms with Crippen LogP contribution in [0.15, 0.2) is 83.5 Å². The van der Waals surface area contributed by atoms with Gasteiger partial charge in [0.1, 0.15) is 18.1 Å². The van der Waals surface area contributed by atoms with Crippen LogP contribution in [0.4, 0.5) is 0 Å². The second kappa shape index (κ2) is 8.84. The van der Waals surface area contributed by atoms with Crippen LogP contribution in [0.5, 0.6) is 11.5 Å². The Kier molecular flexibility index (Phi) is 5.82. The van der Waals surface area contributed by atoms with E-state index >= 15 is 0 Å². The lowest BCUT2D eigenvalue weighted by Crippen LogP contribution is -2.05. The number of benzene rings is 3. The van der Waals surface area contributed by atoms with E-state index in [2.05, 4.69) is 4.99 Å². The molecule has 5 nitrogen and oxygen atoms in total. The molecule has 4 rings (SSSR count). The molecule has 0 bridgehead atoms. The Labute approximate surface area is 179 Å². The lowest BCUT2D eigenvalue weighted by molar-refractivity contribution is -0.129. The zero-order valence-electron chi connectivity index (χ0n) is 16.2. The molecule has 1 aliphatic heterocycles. The fourth-order valence-corrected chi connectivity index (χ4v) is 3.12. The molecular weight excluding hydrogens is 402 g/mol. The largest absolute Gasteiger partial charge is 0.497 e. The van der Waals surface area contributed by atoms with Crippen LogP contribution in [0.3, 0.4) is 0 Å². The first-order valence-electron chi connectivity index (χ1n) is 9.26. The number of carbonyl (C=O) groups is 1. The lowest BCUT2D eigenvalue weighted by atomic mass is 10.1. The van der Waals surface area contributed by atoms with E-state index in [0.717, 1.165) is 11.1 Å². The van der Waals surface area contributed by atoms with Crippen molar-refractivity contribution < 1.29 is 19.0 Å². The summed E-state index contributed by atoms with van der Waals surface area (Å²) in [7, 11) is 1.58. The summed E-state index contributed by atoms with van der Waals surface area (Å²) in [5.74, 6) is 0.951. The highest BCUT2D eigenvalue weighted by Gasteiger charge is 2.24. The van der Waals surface area contributed by atoms with E-state index in [0.29, 0.717) is 22.1 Å². The Morgan fingerprint density at radius 1 is 1.03 bits per heavy atom. The van der Waals surface area contributed by atoms with Gasteiger partial charge in [-0.25, -0.2) is 9.79 Å². The molecular formula is C24H18ClNO4. The fourth-order valence-electron chi connectivity index (χ4n) is 2.93. The molecule has 0 saturated carbocycles. The number of cyclic esters (lactones) is 1. The van der Waals surface area contributed by atoms with Crippen molar-refractivity contribution in [2.45, 2.75) is 6.61 Å². The topological polar surface area (TPSA) is 57.1 Å². The van der Waals surface area contributed by atoms with Gasteiger partial charge in [0.05, 0.1) is 7.11 Å². The summed E-state index contributed by atoms with van der Waals surface area (Å²) in [6.07, 6.45) is 1.63. The van der Waals surface area contributed by atoms with Crippen molar-refractivity contribution in [1.29, 1.82) is 0 Å². The molecule has 0 atom stereocenters. The lowest BCUT2D eigenvalue weighted by Gasteiger charge is -2.12. The van der Waals surface area contributed by atoms with Gasteiger partial charge in [0.2, 0.25) is 5.90 Å². The molecule has 0 saturated heterocycles. The third-order valence-electron chi connectivity index (χ3n) is 4.49. The molecule has 0 radical (unpaired) electrons. The van der Waals surface area contributed by atoms with Crippen LogP contribution in [0.1, 0.15) is 16.7 Å². The van der Waals surface area contributed by atoms with Crippen molar-refractivity contribution in [1.82, 2.24) is 0 Å². The summed E-state index contributed by atoms with van der Waals surface area (Å²) in [6, 6.07) is 22.1. The highest BCUT2D eigenvalue weighted by molar-refractivity contribution is 6.31. The quantitative estimate of drug-likeness (QED) is 0.403. The minimum atomic E-state index is -0.520. The number of aliphatic imine (C=N–C) groups is 1. The maximum absolute atomic E-state index is 12.4. The van der Waals surface area contributed by atoms with Gasteiger partial charge >= 0.3 is 5.97 Å². The Balaban J connectivity index is 1.65. The van der Waals surface area contributed by atoms with E-state index in [4.69, 9.17) is 25.8 Å². The monoisotopic (exact) mass is 419 g/mol. The molecule has 30 heavy (non-hydrogen) atoms. The van der Waals surface area contributed by atoms with Gasteiger partial charge in [-0.15, -0.1) is 0 Å². The van der Waals surface area contributed by atoms with Crippen molar-refractivity contribution in [2.75, 3.05) is 7.11 Å². The summed E-state index contributed by atoms with van der Waals surface area (Å²) in [6.45, 7) is 0.283. The molecule has 0 unspecified atom stereocenters. The zero-order chi connectivity index (χ0) is 20.9. The second-order valence-electron chi connectivity index (χ2n) is 6.49. The van der Waals surface area contributed by atoms with Crippen molar-refractivity contribution >= 4 is 29.5 Å². The molecule has 6 heteroatoms. The van der Waals surface area contributed by atoms with Gasteiger partial charge in [-0.3, -0.25) is 0 Å². The molecule has 1 aliphatic rings. The van der Waals surface area contributed by atoms with Crippen molar-refractivity contribution in [3.05, 3.63) is 100 Å². The number of rotatable bonds is 6. The molecule has 0 fully saturated rings. The summed E-state index contributed by atoms with van der Waals surface area (Å²) in [5, 5.41) is 0.627. The molecule has 1 heterocycles. The number of carbonyl (C=O) groups excluding carboxylic acids is 1. The summed E-state index contributed by atoms with van der Waals surface area (Å²) >= 11 is 6.22. The Bertz CT molecular complexity index is 1140. The second-order valence-corrected chi connectivity index (χ2v) is 6.89. The van der Waals surface area contributed by atoms with E-state index in [1.54, 1.807) is 31.4 Å². The van der Waals surface area contributed by atoms with E-state index in [1.165, 1.54) is 0 Å². The average Bonchev–Trinajstić information content (AvgIpc) is 3.14. The maximum atomic E-state index is 12.4. The van der Waals surface area contributed by atoms with E-state index in [-0.39, 0.29) is 18.2 Å². The highest BCUT2D eigenvalue weighted by atomic mass is 35.5. The van der Waals surface area contributed by atoms with Crippen LogP contribution in [-0.2, 0) is 16.1 Å². The Morgan fingerprint density at radius 2 is 1.80 bits per heavy atom. The number of hydrogen-bond acceptors (Lipinski definition) is 5. The molecule has 3 aromatic carbocycles. The van der Waals surface area contributed by atoms with Gasteiger partial charge in [-0.2, -0.15) is 0 Å². The predicted molar refractivity (Wildman–Crippen MR) is 116 cm³/mol. The van der Waals surface area contributed by atoms with Crippen LogP contribution < -0.4 is 9.47 Å². The normalized spacial score (nSPS) is 14.4. The van der Waals surface area contributed by atoms with Crippen LogP contribution in [0.25, 0.3) is 6.08 Å². The number of hydrogen-bond donors (Lipinski definition) is 0. The number of esters is 1. The number of methoxy groups -OCH3 is 1. The first-order chi connectivity index (χ1) is 14.6. The zero-order valence-corrected chi connectivity index (χ0v) is 16.9. The first-order valence-corrected chi connectivity index (χ1v) is 9.64. The minimum absolute atomic E-state index is 0.185. The molecule has 150 valence electrons. The van der Waals surface area contributed by atoms with Crippen LogP contribution in [0, 0.1) is 0 Å². The van der Waals surface area contributed by atoms with Crippen molar-refractivity contribution in [3.8, 4) is 11.5 Å². The smallest absolute Gasteiger partial charge is 0.363 e. The van der Waals surface area contributed by atoms with Gasteiger partial charge < -0.3 is 14.2 Å². The first kappa shape index (κ1) is 19.7.